The molecule has 5 N–H and O–H groups in total. The van der Waals surface area contributed by atoms with Gasteiger partial charge in [0.25, 0.3) is 5.91 Å². The number of halogens is 1. The van der Waals surface area contributed by atoms with Crippen LogP contribution >= 0.6 is 11.6 Å². The molecule has 0 atom stereocenters. The van der Waals surface area contributed by atoms with Crippen molar-refractivity contribution in [1.29, 1.82) is 0 Å². The minimum Gasteiger partial charge on any atom is -0.356 e. The maximum atomic E-state index is 11.9. The molecule has 0 spiro atoms. The first-order valence-electron chi connectivity index (χ1n) is 6.26. The van der Waals surface area contributed by atoms with Crippen molar-refractivity contribution in [3.05, 3.63) is 22.8 Å². The zero-order valence-electron chi connectivity index (χ0n) is 11.2. The summed E-state index contributed by atoms with van der Waals surface area (Å²) in [6, 6.07) is 2.90. The molecule has 0 radical (unpaired) electrons. The zero-order chi connectivity index (χ0) is 15.0. The van der Waals surface area contributed by atoms with Crippen molar-refractivity contribution in [2.75, 3.05) is 18.5 Å². The molecule has 110 valence electrons. The molecule has 0 aliphatic rings. The molecule has 0 aliphatic carbocycles. The lowest BCUT2D eigenvalue weighted by Gasteiger charge is -2.07. The van der Waals surface area contributed by atoms with E-state index in [9.17, 15) is 9.59 Å². The van der Waals surface area contributed by atoms with Crippen LogP contribution in [0.1, 0.15) is 30.1 Å². The van der Waals surface area contributed by atoms with Gasteiger partial charge in [-0.05, 0) is 18.6 Å². The topological polar surface area (TPSA) is 109 Å². The summed E-state index contributed by atoms with van der Waals surface area (Å²) in [5.41, 5.74) is 2.65. The Morgan fingerprint density at radius 3 is 2.70 bits per heavy atom. The lowest BCUT2D eigenvalue weighted by molar-refractivity contribution is -0.120. The van der Waals surface area contributed by atoms with E-state index in [1.165, 1.54) is 12.1 Å². The number of hydrogen-bond acceptors (Lipinski definition) is 5. The summed E-state index contributed by atoms with van der Waals surface area (Å²) in [5.74, 6) is 5.08. The number of rotatable bonds is 7. The second-order valence-electron chi connectivity index (χ2n) is 4.06. The van der Waals surface area contributed by atoms with Crippen molar-refractivity contribution in [1.82, 2.24) is 15.6 Å². The fraction of sp³-hybridized carbons (Fsp3) is 0.417. The fourth-order valence-corrected chi connectivity index (χ4v) is 1.65. The van der Waals surface area contributed by atoms with Crippen LogP contribution in [0.4, 0.5) is 5.82 Å². The number of amides is 2. The quantitative estimate of drug-likeness (QED) is 0.336. The summed E-state index contributed by atoms with van der Waals surface area (Å²) in [6.07, 6.45) is 1.11. The predicted octanol–water partition coefficient (Wildman–Crippen LogP) is 0.667. The minimum atomic E-state index is -0.339. The van der Waals surface area contributed by atoms with Crippen LogP contribution in [0.15, 0.2) is 12.1 Å². The first-order valence-corrected chi connectivity index (χ1v) is 6.63. The number of carbonyl (C=O) groups is 2. The average molecular weight is 300 g/mol. The van der Waals surface area contributed by atoms with Gasteiger partial charge in [0, 0.05) is 25.1 Å². The fourth-order valence-electron chi connectivity index (χ4n) is 1.45. The Balaban J connectivity index is 2.47. The molecule has 0 unspecified atom stereocenters. The third-order valence-electron chi connectivity index (χ3n) is 2.41. The van der Waals surface area contributed by atoms with Crippen molar-refractivity contribution in [2.45, 2.75) is 19.8 Å². The number of pyridine rings is 1. The summed E-state index contributed by atoms with van der Waals surface area (Å²) < 4.78 is 0. The van der Waals surface area contributed by atoms with Crippen molar-refractivity contribution in [3.63, 3.8) is 0 Å². The van der Waals surface area contributed by atoms with E-state index in [0.717, 1.165) is 6.42 Å². The highest BCUT2D eigenvalue weighted by Crippen LogP contribution is 2.13. The van der Waals surface area contributed by atoms with Gasteiger partial charge in [-0.2, -0.15) is 0 Å². The molecular formula is C12H18ClN5O2. The van der Waals surface area contributed by atoms with Gasteiger partial charge in [0.2, 0.25) is 5.91 Å². The second-order valence-corrected chi connectivity index (χ2v) is 4.45. The number of carbonyl (C=O) groups excluding carboxylic acids is 2. The molecule has 1 aromatic rings. The van der Waals surface area contributed by atoms with Gasteiger partial charge in [0.15, 0.2) is 0 Å². The van der Waals surface area contributed by atoms with Crippen LogP contribution in [0.2, 0.25) is 5.15 Å². The van der Waals surface area contributed by atoms with Crippen LogP contribution in [0.3, 0.4) is 0 Å². The summed E-state index contributed by atoms with van der Waals surface area (Å²) in [6.45, 7) is 2.86. The Morgan fingerprint density at radius 2 is 2.05 bits per heavy atom. The van der Waals surface area contributed by atoms with E-state index in [4.69, 9.17) is 17.4 Å². The largest absolute Gasteiger partial charge is 0.356 e. The number of hydrazine groups is 1. The highest BCUT2D eigenvalue weighted by molar-refractivity contribution is 6.29. The van der Waals surface area contributed by atoms with Crippen LogP contribution in [0.25, 0.3) is 0 Å². The van der Waals surface area contributed by atoms with Gasteiger partial charge in [-0.3, -0.25) is 9.59 Å². The molecule has 20 heavy (non-hydrogen) atoms. The Labute approximate surface area is 122 Å². The number of nitrogen functional groups attached to an aromatic ring is 1. The second kappa shape index (κ2) is 8.34. The van der Waals surface area contributed by atoms with E-state index in [0.29, 0.717) is 17.9 Å². The number of anilines is 1. The van der Waals surface area contributed by atoms with E-state index in [1.807, 2.05) is 6.92 Å². The van der Waals surface area contributed by atoms with Crippen molar-refractivity contribution in [3.8, 4) is 0 Å². The first kappa shape index (κ1) is 16.2. The van der Waals surface area contributed by atoms with Gasteiger partial charge in [0.05, 0.1) is 0 Å². The minimum absolute atomic E-state index is 0.0933. The van der Waals surface area contributed by atoms with Gasteiger partial charge in [-0.1, -0.05) is 18.5 Å². The van der Waals surface area contributed by atoms with Gasteiger partial charge in [0.1, 0.15) is 11.0 Å². The molecule has 1 aromatic heterocycles. The monoisotopic (exact) mass is 299 g/mol. The third-order valence-corrected chi connectivity index (χ3v) is 2.61. The van der Waals surface area contributed by atoms with Gasteiger partial charge >= 0.3 is 0 Å². The number of aromatic nitrogens is 1. The average Bonchev–Trinajstić information content (AvgIpc) is 2.44. The molecule has 2 amide bonds. The molecule has 0 saturated carbocycles. The molecule has 0 aliphatic heterocycles. The third kappa shape index (κ3) is 5.41. The van der Waals surface area contributed by atoms with Crippen LogP contribution < -0.4 is 21.9 Å². The number of nitrogens with one attached hydrogen (secondary N) is 3. The van der Waals surface area contributed by atoms with Gasteiger partial charge in [-0.15, -0.1) is 0 Å². The molecule has 0 fully saturated rings. The molecule has 0 saturated heterocycles. The van der Waals surface area contributed by atoms with Crippen LogP contribution in [-0.2, 0) is 4.79 Å². The summed E-state index contributed by atoms with van der Waals surface area (Å²) >= 11 is 5.76. The molecule has 0 aromatic carbocycles. The molecule has 1 rings (SSSR count). The Hall–Kier alpha value is -1.86. The highest BCUT2D eigenvalue weighted by atomic mass is 35.5. The Morgan fingerprint density at radius 1 is 1.30 bits per heavy atom. The molecule has 7 nitrogen and oxygen atoms in total. The highest BCUT2D eigenvalue weighted by Gasteiger charge is 2.09. The van der Waals surface area contributed by atoms with Crippen molar-refractivity contribution < 1.29 is 9.59 Å². The lowest BCUT2D eigenvalue weighted by atomic mass is 10.2. The van der Waals surface area contributed by atoms with Gasteiger partial charge < -0.3 is 16.1 Å². The summed E-state index contributed by atoms with van der Waals surface area (Å²) in [7, 11) is 0. The zero-order valence-corrected chi connectivity index (χ0v) is 12.0. The van der Waals surface area contributed by atoms with E-state index in [-0.39, 0.29) is 29.9 Å². The van der Waals surface area contributed by atoms with E-state index >= 15 is 0 Å². The van der Waals surface area contributed by atoms with E-state index < -0.39 is 0 Å². The van der Waals surface area contributed by atoms with E-state index in [1.54, 1.807) is 0 Å². The molecule has 0 bridgehead atoms. The summed E-state index contributed by atoms with van der Waals surface area (Å²) in [5, 5.41) is 5.51. The molecule has 8 heteroatoms. The SMILES string of the molecule is CCCNC(=O)CCNC(=O)c1cc(Cl)nc(NN)c1. The predicted molar refractivity (Wildman–Crippen MR) is 77.3 cm³/mol. The van der Waals surface area contributed by atoms with Crippen molar-refractivity contribution >= 4 is 29.2 Å². The number of nitrogens with two attached hydrogens (primary N) is 1. The molecule has 1 heterocycles. The van der Waals surface area contributed by atoms with Crippen molar-refractivity contribution in [2.24, 2.45) is 5.84 Å². The van der Waals surface area contributed by atoms with E-state index in [2.05, 4.69) is 21.0 Å². The smallest absolute Gasteiger partial charge is 0.251 e. The van der Waals surface area contributed by atoms with Gasteiger partial charge in [-0.25, -0.2) is 10.8 Å². The number of hydrogen-bond donors (Lipinski definition) is 4. The van der Waals surface area contributed by atoms with Crippen LogP contribution in [-0.4, -0.2) is 29.9 Å². The Bertz CT molecular complexity index is 481. The van der Waals surface area contributed by atoms with Crippen LogP contribution in [0, 0.1) is 0 Å². The maximum absolute atomic E-state index is 11.9. The Kier molecular flexibility index (Phi) is 6.75. The maximum Gasteiger partial charge on any atom is 0.251 e. The molecular weight excluding hydrogens is 282 g/mol. The first-order chi connectivity index (χ1) is 9.56. The lowest BCUT2D eigenvalue weighted by Crippen LogP contribution is -2.31. The number of nitrogens with zero attached hydrogens (tertiary/aromatic N) is 1. The normalized spacial score (nSPS) is 9.95. The van der Waals surface area contributed by atoms with Crippen LogP contribution in [0.5, 0.6) is 0 Å². The summed E-state index contributed by atoms with van der Waals surface area (Å²) in [4.78, 5) is 27.1. The standard InChI is InChI=1S/C12H18ClN5O2/c1-2-4-15-11(19)3-5-16-12(20)8-6-9(13)17-10(7-8)18-14/h6-7H,2-5,14H2,1H3,(H,15,19)(H,16,20)(H,17,18).